The fourth-order valence-electron chi connectivity index (χ4n) is 2.83. The fourth-order valence-corrected chi connectivity index (χ4v) is 2.83. The lowest BCUT2D eigenvalue weighted by molar-refractivity contribution is 0.0729. The van der Waals surface area contributed by atoms with Crippen LogP contribution in [-0.4, -0.2) is 27.9 Å². The standard InChI is InChI=1S/C16H16N2O2/c1-18(16(20)12-8-13(19)10-17-9-12)15-7-6-11-4-2-3-5-14(11)15/h2-5,8-10,15,19H,6-7H2,1H3. The maximum Gasteiger partial charge on any atom is 0.255 e. The summed E-state index contributed by atoms with van der Waals surface area (Å²) in [5.74, 6) is -0.105. The fraction of sp³-hybridized carbons (Fsp3) is 0.250. The van der Waals surface area contributed by atoms with E-state index in [0.717, 1.165) is 12.8 Å². The number of carbonyl (C=O) groups is 1. The zero-order valence-electron chi connectivity index (χ0n) is 11.3. The second-order valence-electron chi connectivity index (χ2n) is 5.10. The quantitative estimate of drug-likeness (QED) is 0.910. The Morgan fingerprint density at radius 2 is 2.15 bits per heavy atom. The molecular formula is C16H16N2O2. The molecule has 102 valence electrons. The van der Waals surface area contributed by atoms with Crippen LogP contribution >= 0.6 is 0 Å². The minimum Gasteiger partial charge on any atom is -0.506 e. The Bertz CT molecular complexity index is 654. The Morgan fingerprint density at radius 1 is 1.35 bits per heavy atom. The van der Waals surface area contributed by atoms with Gasteiger partial charge in [-0.1, -0.05) is 24.3 Å². The number of pyridine rings is 1. The van der Waals surface area contributed by atoms with Gasteiger partial charge in [0, 0.05) is 13.2 Å². The van der Waals surface area contributed by atoms with Gasteiger partial charge >= 0.3 is 0 Å². The van der Waals surface area contributed by atoms with E-state index in [9.17, 15) is 9.90 Å². The number of aromatic nitrogens is 1. The number of amides is 1. The zero-order chi connectivity index (χ0) is 14.1. The van der Waals surface area contributed by atoms with Gasteiger partial charge in [0.25, 0.3) is 5.91 Å². The minimum atomic E-state index is -0.116. The van der Waals surface area contributed by atoms with Crippen LogP contribution in [0.4, 0.5) is 0 Å². The lowest BCUT2D eigenvalue weighted by Gasteiger charge is -2.25. The van der Waals surface area contributed by atoms with Gasteiger partial charge in [0.1, 0.15) is 5.75 Å². The topological polar surface area (TPSA) is 53.4 Å². The molecule has 0 saturated carbocycles. The Kier molecular flexibility index (Phi) is 3.14. The molecule has 4 heteroatoms. The summed E-state index contributed by atoms with van der Waals surface area (Å²) in [5, 5.41) is 9.43. The van der Waals surface area contributed by atoms with Crippen LogP contribution in [0.25, 0.3) is 0 Å². The normalized spacial score (nSPS) is 16.8. The summed E-state index contributed by atoms with van der Waals surface area (Å²) in [6.45, 7) is 0. The van der Waals surface area contributed by atoms with Crippen molar-refractivity contribution in [2.24, 2.45) is 0 Å². The van der Waals surface area contributed by atoms with Crippen LogP contribution in [-0.2, 0) is 6.42 Å². The highest BCUT2D eigenvalue weighted by atomic mass is 16.3. The first-order valence-corrected chi connectivity index (χ1v) is 6.66. The molecule has 4 nitrogen and oxygen atoms in total. The van der Waals surface area contributed by atoms with Gasteiger partial charge in [-0.3, -0.25) is 9.78 Å². The number of fused-ring (bicyclic) bond motifs is 1. The lowest BCUT2D eigenvalue weighted by atomic mass is 10.1. The van der Waals surface area contributed by atoms with Gasteiger partial charge in [-0.15, -0.1) is 0 Å². The second-order valence-corrected chi connectivity index (χ2v) is 5.10. The zero-order valence-corrected chi connectivity index (χ0v) is 11.3. The Morgan fingerprint density at radius 3 is 2.95 bits per heavy atom. The van der Waals surface area contributed by atoms with Gasteiger partial charge in [-0.2, -0.15) is 0 Å². The molecule has 1 aromatic carbocycles. The number of aryl methyl sites for hydroxylation is 1. The van der Waals surface area contributed by atoms with Crippen molar-refractivity contribution in [3.8, 4) is 5.75 Å². The Labute approximate surface area is 117 Å². The van der Waals surface area contributed by atoms with E-state index < -0.39 is 0 Å². The smallest absolute Gasteiger partial charge is 0.255 e. The van der Waals surface area contributed by atoms with E-state index in [1.54, 1.807) is 11.9 Å². The number of carbonyl (C=O) groups excluding carboxylic acids is 1. The first-order chi connectivity index (χ1) is 9.66. The summed E-state index contributed by atoms with van der Waals surface area (Å²) in [7, 11) is 1.80. The molecule has 0 spiro atoms. The minimum absolute atomic E-state index is 0.0103. The largest absolute Gasteiger partial charge is 0.506 e. The molecule has 1 heterocycles. The van der Waals surface area contributed by atoms with Gasteiger partial charge < -0.3 is 10.0 Å². The third-order valence-electron chi connectivity index (χ3n) is 3.86. The third-order valence-corrected chi connectivity index (χ3v) is 3.86. The summed E-state index contributed by atoms with van der Waals surface area (Å²) in [5.41, 5.74) is 2.94. The van der Waals surface area contributed by atoms with Gasteiger partial charge in [0.2, 0.25) is 0 Å². The van der Waals surface area contributed by atoms with Crippen LogP contribution in [0, 0.1) is 0 Å². The lowest BCUT2D eigenvalue weighted by Crippen LogP contribution is -2.30. The molecule has 1 atom stereocenters. The average molecular weight is 268 g/mol. The van der Waals surface area contributed by atoms with Gasteiger partial charge in [-0.25, -0.2) is 0 Å². The predicted octanol–water partition coefficient (Wildman–Crippen LogP) is 2.55. The number of hydrogen-bond donors (Lipinski definition) is 1. The maximum atomic E-state index is 12.5. The summed E-state index contributed by atoms with van der Waals surface area (Å²) >= 11 is 0. The highest BCUT2D eigenvalue weighted by Gasteiger charge is 2.28. The van der Waals surface area contributed by atoms with Crippen molar-refractivity contribution in [3.63, 3.8) is 0 Å². The van der Waals surface area contributed by atoms with Gasteiger partial charge in [0.15, 0.2) is 0 Å². The van der Waals surface area contributed by atoms with E-state index in [1.807, 2.05) is 12.1 Å². The number of hydrogen-bond acceptors (Lipinski definition) is 3. The molecule has 20 heavy (non-hydrogen) atoms. The van der Waals surface area contributed by atoms with Crippen LogP contribution < -0.4 is 0 Å². The number of aromatic hydroxyl groups is 1. The summed E-state index contributed by atoms with van der Waals surface area (Å²) in [4.78, 5) is 18.1. The molecule has 0 radical (unpaired) electrons. The van der Waals surface area contributed by atoms with Gasteiger partial charge in [0.05, 0.1) is 17.8 Å². The molecule has 1 aliphatic rings. The van der Waals surface area contributed by atoms with Crippen LogP contribution in [0.3, 0.4) is 0 Å². The van der Waals surface area contributed by atoms with Crippen molar-refractivity contribution in [1.29, 1.82) is 0 Å². The molecular weight excluding hydrogens is 252 g/mol. The monoisotopic (exact) mass is 268 g/mol. The molecule has 0 bridgehead atoms. The van der Waals surface area contributed by atoms with Crippen molar-refractivity contribution < 1.29 is 9.90 Å². The van der Waals surface area contributed by atoms with Crippen molar-refractivity contribution in [3.05, 3.63) is 59.4 Å². The molecule has 0 aliphatic heterocycles. The number of rotatable bonds is 2. The first kappa shape index (κ1) is 12.7. The van der Waals surface area contributed by atoms with Crippen LogP contribution in [0.5, 0.6) is 5.75 Å². The van der Waals surface area contributed by atoms with Crippen molar-refractivity contribution >= 4 is 5.91 Å². The average Bonchev–Trinajstić information content (AvgIpc) is 2.89. The van der Waals surface area contributed by atoms with E-state index in [1.165, 1.54) is 29.6 Å². The van der Waals surface area contributed by atoms with E-state index in [2.05, 4.69) is 17.1 Å². The SMILES string of the molecule is CN(C(=O)c1cncc(O)c1)C1CCc2ccccc21. The van der Waals surface area contributed by atoms with Gasteiger partial charge in [-0.05, 0) is 30.0 Å². The number of nitrogens with zero attached hydrogens (tertiary/aromatic N) is 2. The van der Waals surface area contributed by atoms with E-state index in [0.29, 0.717) is 5.56 Å². The van der Waals surface area contributed by atoms with Crippen molar-refractivity contribution in [2.45, 2.75) is 18.9 Å². The molecule has 0 fully saturated rings. The summed E-state index contributed by atoms with van der Waals surface area (Å²) in [6, 6.07) is 9.78. The second kappa shape index (κ2) is 4.96. The molecule has 0 saturated heterocycles. The highest BCUT2D eigenvalue weighted by molar-refractivity contribution is 5.94. The molecule has 1 amide bonds. The van der Waals surface area contributed by atoms with Crippen molar-refractivity contribution in [1.82, 2.24) is 9.88 Å². The molecule has 1 N–H and O–H groups in total. The molecule has 2 aromatic rings. The van der Waals surface area contributed by atoms with Crippen molar-refractivity contribution in [2.75, 3.05) is 7.05 Å². The predicted molar refractivity (Wildman–Crippen MR) is 75.5 cm³/mol. The van der Waals surface area contributed by atoms with Crippen LogP contribution in [0.2, 0.25) is 0 Å². The molecule has 1 unspecified atom stereocenters. The molecule has 1 aromatic heterocycles. The van der Waals surface area contributed by atoms with E-state index >= 15 is 0 Å². The Hall–Kier alpha value is -2.36. The Balaban J connectivity index is 1.87. The molecule has 1 aliphatic carbocycles. The third kappa shape index (κ3) is 2.13. The van der Waals surface area contributed by atoms with Crippen LogP contribution in [0.15, 0.2) is 42.7 Å². The van der Waals surface area contributed by atoms with Crippen LogP contribution in [0.1, 0.15) is 33.9 Å². The highest BCUT2D eigenvalue weighted by Crippen LogP contribution is 2.35. The first-order valence-electron chi connectivity index (χ1n) is 6.66. The summed E-state index contributed by atoms with van der Waals surface area (Å²) in [6.07, 6.45) is 4.74. The van der Waals surface area contributed by atoms with E-state index in [-0.39, 0.29) is 17.7 Å². The molecule has 3 rings (SSSR count). The number of benzene rings is 1. The maximum absolute atomic E-state index is 12.5. The summed E-state index contributed by atoms with van der Waals surface area (Å²) < 4.78 is 0. The van der Waals surface area contributed by atoms with E-state index in [4.69, 9.17) is 0 Å².